The van der Waals surface area contributed by atoms with Crippen molar-refractivity contribution in [2.75, 3.05) is 12.9 Å². The molecule has 45 heavy (non-hydrogen) atoms. The zero-order chi connectivity index (χ0) is 31.0. The smallest absolute Gasteiger partial charge is 0.216 e. The zero-order valence-electron chi connectivity index (χ0n) is 24.5. The van der Waals surface area contributed by atoms with E-state index in [1.807, 2.05) is 54.6 Å². The van der Waals surface area contributed by atoms with Crippen LogP contribution in [0.15, 0.2) is 125 Å². The van der Waals surface area contributed by atoms with Crippen LogP contribution in [0.5, 0.6) is 5.88 Å². The van der Waals surface area contributed by atoms with E-state index in [2.05, 4.69) is 62.6 Å². The molecule has 1 aliphatic carbocycles. The van der Waals surface area contributed by atoms with E-state index in [-0.39, 0.29) is 5.92 Å². The topological polar surface area (TPSA) is 46.5 Å². The number of fused-ring (bicyclic) bond motifs is 2. The molecule has 4 aromatic carbocycles. The number of thioether (sulfide) groups is 1. The number of nitrogens with zero attached hydrogens (tertiary/aromatic N) is 2. The maximum atomic E-state index is 15.9. The number of ether oxygens (including phenoxy) is 1. The van der Waals surface area contributed by atoms with Gasteiger partial charge >= 0.3 is 0 Å². The van der Waals surface area contributed by atoms with E-state index in [1.54, 1.807) is 31.1 Å². The number of aliphatic imine (C=N–C) groups is 1. The van der Waals surface area contributed by atoms with Crippen LogP contribution < -0.4 is 10.1 Å². The average Bonchev–Trinajstić information content (AvgIpc) is 3.08. The minimum absolute atomic E-state index is 0.0662. The number of pyridine rings is 1. The van der Waals surface area contributed by atoms with Gasteiger partial charge in [0.25, 0.3) is 0 Å². The van der Waals surface area contributed by atoms with Gasteiger partial charge in [0.1, 0.15) is 17.2 Å². The molecule has 0 saturated heterocycles. The molecule has 2 heterocycles. The first-order valence-corrected chi connectivity index (χ1v) is 16.6. The Labute approximate surface area is 274 Å². The molecule has 0 spiro atoms. The second kappa shape index (κ2) is 12.1. The summed E-state index contributed by atoms with van der Waals surface area (Å²) in [5.74, 6) is -0.132. The van der Waals surface area contributed by atoms with E-state index >= 15 is 4.39 Å². The first-order chi connectivity index (χ1) is 21.9. The maximum Gasteiger partial charge on any atom is 0.216 e. The van der Waals surface area contributed by atoms with Gasteiger partial charge in [-0.05, 0) is 50.7 Å². The summed E-state index contributed by atoms with van der Waals surface area (Å²) in [6, 6.07) is 34.8. The van der Waals surface area contributed by atoms with E-state index in [0.717, 1.165) is 38.4 Å². The molecule has 0 unspecified atom stereocenters. The average molecular weight is 683 g/mol. The molecule has 0 radical (unpaired) electrons. The lowest BCUT2D eigenvalue weighted by atomic mass is 9.67. The summed E-state index contributed by atoms with van der Waals surface area (Å²) in [4.78, 5) is 9.98. The van der Waals surface area contributed by atoms with Gasteiger partial charge in [0.15, 0.2) is 5.17 Å². The molecule has 226 valence electrons. The molecule has 1 N–H and O–H groups in total. The number of methoxy groups -OCH3 is 1. The fraction of sp³-hybridized carbons (Fsp3) is 0.189. The number of benzene rings is 4. The summed E-state index contributed by atoms with van der Waals surface area (Å²) in [6.07, 6.45) is 2.74. The van der Waals surface area contributed by atoms with E-state index in [0.29, 0.717) is 35.2 Å². The predicted molar refractivity (Wildman–Crippen MR) is 180 cm³/mol. The SMILES string of the molecule is COc1ncc(Br)c2c1C[C@@]1(c3ccc(F)cc3F)N=C(NC(c3ccccc3)(c3ccccc3)c3ccccc3)SC[C@H]1C2. The van der Waals surface area contributed by atoms with E-state index in [1.165, 1.54) is 6.07 Å². The number of halogens is 3. The van der Waals surface area contributed by atoms with Crippen LogP contribution in [0.1, 0.15) is 33.4 Å². The first kappa shape index (κ1) is 29.7. The Morgan fingerprint density at radius 3 is 2.02 bits per heavy atom. The fourth-order valence-electron chi connectivity index (χ4n) is 6.89. The third kappa shape index (κ3) is 5.14. The van der Waals surface area contributed by atoms with Crippen LogP contribution in [0.25, 0.3) is 0 Å². The molecule has 0 saturated carbocycles. The molecule has 2 aliphatic rings. The van der Waals surface area contributed by atoms with Crippen molar-refractivity contribution in [3.05, 3.63) is 165 Å². The van der Waals surface area contributed by atoms with Crippen LogP contribution in [-0.2, 0) is 23.9 Å². The summed E-state index contributed by atoms with van der Waals surface area (Å²) < 4.78 is 36.8. The normalized spacial score (nSPS) is 19.2. The number of amidine groups is 1. The van der Waals surface area contributed by atoms with Crippen LogP contribution in [0.4, 0.5) is 8.78 Å². The highest BCUT2D eigenvalue weighted by atomic mass is 79.9. The Morgan fingerprint density at radius 1 is 0.867 bits per heavy atom. The number of nitrogens with one attached hydrogen (secondary N) is 1. The molecule has 5 aromatic rings. The summed E-state index contributed by atoms with van der Waals surface area (Å²) in [6.45, 7) is 0. The molecule has 2 atom stereocenters. The van der Waals surface area contributed by atoms with Crippen LogP contribution in [0.2, 0.25) is 0 Å². The lowest BCUT2D eigenvalue weighted by molar-refractivity contribution is 0.260. The summed E-state index contributed by atoms with van der Waals surface area (Å²) in [5.41, 5.74) is 3.62. The van der Waals surface area contributed by atoms with Crippen LogP contribution in [0.3, 0.4) is 0 Å². The lowest BCUT2D eigenvalue weighted by Crippen LogP contribution is -2.52. The minimum atomic E-state index is -1.02. The lowest BCUT2D eigenvalue weighted by Gasteiger charge is -2.47. The molecule has 7 rings (SSSR count). The highest BCUT2D eigenvalue weighted by Crippen LogP contribution is 2.52. The Kier molecular flexibility index (Phi) is 7.96. The van der Waals surface area contributed by atoms with Gasteiger partial charge in [-0.25, -0.2) is 13.8 Å². The standard InChI is InChI=1S/C37H30BrF2N3OS/c1-44-34-30-21-36(31-18-17-28(39)20-33(31)40)27(19-29(30)32(38)22-41-34)23-45-35(42-36)43-37(24-11-5-2-6-12-24,25-13-7-3-8-14-25)26-15-9-4-10-16-26/h2-18,20,22,27H,19,21,23H2,1H3,(H,42,43)/t27-,36-/m1/s1. The Morgan fingerprint density at radius 2 is 1.47 bits per heavy atom. The number of aromatic nitrogens is 1. The van der Waals surface area contributed by atoms with Crippen molar-refractivity contribution in [2.24, 2.45) is 10.9 Å². The number of hydrogen-bond donors (Lipinski definition) is 1. The third-order valence-electron chi connectivity index (χ3n) is 9.01. The minimum Gasteiger partial charge on any atom is -0.481 e. The highest BCUT2D eigenvalue weighted by Gasteiger charge is 2.50. The van der Waals surface area contributed by atoms with Crippen molar-refractivity contribution in [1.82, 2.24) is 10.3 Å². The van der Waals surface area contributed by atoms with Gasteiger partial charge in [-0.15, -0.1) is 0 Å². The van der Waals surface area contributed by atoms with Crippen molar-refractivity contribution in [1.29, 1.82) is 0 Å². The van der Waals surface area contributed by atoms with Gasteiger partial charge in [-0.1, -0.05) is 109 Å². The monoisotopic (exact) mass is 681 g/mol. The summed E-state index contributed by atoms with van der Waals surface area (Å²) in [7, 11) is 1.59. The second-order valence-corrected chi connectivity index (χ2v) is 13.3. The molecular weight excluding hydrogens is 652 g/mol. The van der Waals surface area contributed by atoms with E-state index < -0.39 is 22.7 Å². The molecule has 8 heteroatoms. The molecule has 0 amide bonds. The molecule has 0 fully saturated rings. The Hall–Kier alpha value is -4.01. The predicted octanol–water partition coefficient (Wildman–Crippen LogP) is 8.43. The Bertz CT molecular complexity index is 1780. The van der Waals surface area contributed by atoms with Gasteiger partial charge in [-0.2, -0.15) is 0 Å². The summed E-state index contributed by atoms with van der Waals surface area (Å²) in [5, 5.41) is 4.58. The van der Waals surface area contributed by atoms with Crippen molar-refractivity contribution in [2.45, 2.75) is 23.9 Å². The van der Waals surface area contributed by atoms with Gasteiger partial charge in [0, 0.05) is 46.0 Å². The molecule has 0 bridgehead atoms. The number of rotatable bonds is 6. The van der Waals surface area contributed by atoms with Crippen molar-refractivity contribution in [3.8, 4) is 5.88 Å². The highest BCUT2D eigenvalue weighted by molar-refractivity contribution is 9.10. The van der Waals surface area contributed by atoms with Crippen LogP contribution in [0, 0.1) is 17.6 Å². The Balaban J connectivity index is 1.46. The molecule has 1 aromatic heterocycles. The largest absolute Gasteiger partial charge is 0.481 e. The third-order valence-corrected chi connectivity index (χ3v) is 10.7. The van der Waals surface area contributed by atoms with Gasteiger partial charge in [-0.3, -0.25) is 4.99 Å². The van der Waals surface area contributed by atoms with Crippen molar-refractivity contribution in [3.63, 3.8) is 0 Å². The molecule has 1 aliphatic heterocycles. The van der Waals surface area contributed by atoms with Crippen LogP contribution >= 0.6 is 27.7 Å². The van der Waals surface area contributed by atoms with E-state index in [4.69, 9.17) is 9.73 Å². The van der Waals surface area contributed by atoms with E-state index in [9.17, 15) is 4.39 Å². The fourth-order valence-corrected chi connectivity index (χ4v) is 8.60. The maximum absolute atomic E-state index is 15.9. The van der Waals surface area contributed by atoms with Gasteiger partial charge in [0.05, 0.1) is 12.6 Å². The first-order valence-electron chi connectivity index (χ1n) is 14.8. The molecule has 4 nitrogen and oxygen atoms in total. The second-order valence-electron chi connectivity index (χ2n) is 11.4. The molecular formula is C37H30BrF2N3OS. The zero-order valence-corrected chi connectivity index (χ0v) is 26.9. The number of hydrogen-bond acceptors (Lipinski definition) is 5. The summed E-state index contributed by atoms with van der Waals surface area (Å²) >= 11 is 5.32. The van der Waals surface area contributed by atoms with Crippen molar-refractivity contribution >= 4 is 32.9 Å². The van der Waals surface area contributed by atoms with Gasteiger partial charge < -0.3 is 10.1 Å². The van der Waals surface area contributed by atoms with Gasteiger partial charge in [0.2, 0.25) is 5.88 Å². The van der Waals surface area contributed by atoms with Crippen molar-refractivity contribution < 1.29 is 13.5 Å². The quantitative estimate of drug-likeness (QED) is 0.183. The van der Waals surface area contributed by atoms with Crippen LogP contribution in [-0.4, -0.2) is 23.0 Å².